The molecule has 1 heterocycles. The van der Waals surface area contributed by atoms with Crippen molar-refractivity contribution in [3.8, 4) is 23.6 Å². The van der Waals surface area contributed by atoms with Gasteiger partial charge >= 0.3 is 0 Å². The van der Waals surface area contributed by atoms with Gasteiger partial charge in [0.2, 0.25) is 0 Å². The molecule has 0 radical (unpaired) electrons. The van der Waals surface area contributed by atoms with Crippen LogP contribution in [0.25, 0.3) is 33.1 Å². The summed E-state index contributed by atoms with van der Waals surface area (Å²) in [4.78, 5) is 9.66. The summed E-state index contributed by atoms with van der Waals surface area (Å²) in [6, 6.07) is 21.0. The molecule has 0 unspecified atom stereocenters. The largest absolute Gasteiger partial charge is 0.249 e. The number of terminal acetylenes is 1. The molecule has 0 bridgehead atoms. The van der Waals surface area contributed by atoms with Gasteiger partial charge in [-0.05, 0) is 47.9 Å². The van der Waals surface area contributed by atoms with Crippen molar-refractivity contribution in [1.82, 2.24) is 9.97 Å². The topological polar surface area (TPSA) is 25.8 Å². The first-order valence-corrected chi connectivity index (χ1v) is 8.44. The molecule has 0 amide bonds. The Balaban J connectivity index is 1.84. The van der Waals surface area contributed by atoms with Crippen molar-refractivity contribution in [3.63, 3.8) is 0 Å². The third-order valence-electron chi connectivity index (χ3n) is 4.48. The van der Waals surface area contributed by atoms with Gasteiger partial charge in [-0.3, -0.25) is 0 Å². The van der Waals surface area contributed by atoms with Crippen LogP contribution in [0.1, 0.15) is 17.7 Å². The first-order chi connectivity index (χ1) is 12.2. The van der Waals surface area contributed by atoms with Gasteiger partial charge in [0.25, 0.3) is 0 Å². The maximum atomic E-state index is 5.38. The molecule has 0 fully saturated rings. The predicted octanol–water partition coefficient (Wildman–Crippen LogP) is 5.32. The molecule has 0 atom stereocenters. The first-order valence-electron chi connectivity index (χ1n) is 8.44. The van der Waals surface area contributed by atoms with E-state index < -0.39 is 0 Å². The minimum absolute atomic E-state index is 0.738. The lowest BCUT2D eigenvalue weighted by molar-refractivity contribution is 1.03. The fourth-order valence-corrected chi connectivity index (χ4v) is 3.17. The third kappa shape index (κ3) is 2.97. The lowest BCUT2D eigenvalue weighted by Gasteiger charge is -2.09. The Morgan fingerprint density at radius 2 is 1.72 bits per heavy atom. The van der Waals surface area contributed by atoms with Crippen molar-refractivity contribution in [2.24, 2.45) is 0 Å². The van der Waals surface area contributed by atoms with E-state index in [-0.39, 0.29) is 0 Å². The Kier molecular flexibility index (Phi) is 3.91. The summed E-state index contributed by atoms with van der Waals surface area (Å²) in [5.74, 6) is 2.69. The van der Waals surface area contributed by atoms with Crippen molar-refractivity contribution in [2.45, 2.75) is 19.8 Å². The number of hydrogen-bond acceptors (Lipinski definition) is 2. The number of aryl methyl sites for hydroxylation is 2. The highest BCUT2D eigenvalue weighted by Gasteiger charge is 2.09. The van der Waals surface area contributed by atoms with E-state index in [2.05, 4.69) is 60.5 Å². The summed E-state index contributed by atoms with van der Waals surface area (Å²) in [6.45, 7) is 2.02. The lowest BCUT2D eigenvalue weighted by Crippen LogP contribution is -1.95. The fraction of sp³-hybridized carbons (Fsp3) is 0.130. The molecule has 0 aliphatic carbocycles. The van der Waals surface area contributed by atoms with Gasteiger partial charge in [-0.2, -0.15) is 0 Å². The van der Waals surface area contributed by atoms with E-state index in [4.69, 9.17) is 16.4 Å². The third-order valence-corrected chi connectivity index (χ3v) is 4.48. The van der Waals surface area contributed by atoms with Gasteiger partial charge in [-0.15, -0.1) is 12.3 Å². The van der Waals surface area contributed by atoms with E-state index in [1.807, 2.05) is 13.0 Å². The van der Waals surface area contributed by atoms with E-state index >= 15 is 0 Å². The molecule has 2 nitrogen and oxygen atoms in total. The summed E-state index contributed by atoms with van der Waals surface area (Å²) < 4.78 is 0. The maximum absolute atomic E-state index is 5.38. The number of rotatable bonds is 3. The van der Waals surface area contributed by atoms with Gasteiger partial charge in [0, 0.05) is 12.0 Å². The molecule has 1 aromatic heterocycles. The summed E-state index contributed by atoms with van der Waals surface area (Å²) in [5.41, 5.74) is 6.02. The van der Waals surface area contributed by atoms with Crippen molar-refractivity contribution >= 4 is 21.8 Å². The molecule has 0 saturated heterocycles. The molecule has 0 N–H and O–H groups in total. The van der Waals surface area contributed by atoms with Crippen LogP contribution in [0.2, 0.25) is 0 Å². The van der Waals surface area contributed by atoms with Crippen molar-refractivity contribution in [3.05, 3.63) is 71.9 Å². The first kappa shape index (κ1) is 15.4. The van der Waals surface area contributed by atoms with Crippen LogP contribution in [-0.2, 0) is 6.42 Å². The van der Waals surface area contributed by atoms with Gasteiger partial charge in [-0.1, -0.05) is 42.5 Å². The minimum atomic E-state index is 0.738. The molecule has 0 aliphatic rings. The van der Waals surface area contributed by atoms with E-state index in [1.54, 1.807) is 0 Å². The van der Waals surface area contributed by atoms with Crippen LogP contribution in [-0.4, -0.2) is 9.97 Å². The van der Waals surface area contributed by atoms with Crippen LogP contribution in [0, 0.1) is 19.3 Å². The van der Waals surface area contributed by atoms with Crippen LogP contribution < -0.4 is 0 Å². The number of aromatic nitrogens is 2. The highest BCUT2D eigenvalue weighted by Crippen LogP contribution is 2.27. The van der Waals surface area contributed by atoms with Gasteiger partial charge in [0.1, 0.15) is 0 Å². The smallest absolute Gasteiger partial charge is 0.0922 e. The van der Waals surface area contributed by atoms with Crippen molar-refractivity contribution in [2.75, 3.05) is 0 Å². The van der Waals surface area contributed by atoms with Crippen molar-refractivity contribution in [1.29, 1.82) is 0 Å². The van der Waals surface area contributed by atoms with E-state index in [1.165, 1.54) is 16.3 Å². The molecular weight excluding hydrogens is 304 g/mol. The number of fused-ring (bicyclic) bond motifs is 2. The standard InChI is InChI=1S/C23H18N2/c1-3-4-7-17-10-13-21-22(14-17)25-23(16(2)24-21)20-12-11-18-8-5-6-9-19(18)15-20/h1,5-6,8-15H,4,7H2,2H3. The number of hydrogen-bond donors (Lipinski definition) is 0. The molecular formula is C23H18N2. The Labute approximate surface area is 147 Å². The highest BCUT2D eigenvalue weighted by atomic mass is 14.8. The minimum Gasteiger partial charge on any atom is -0.249 e. The normalized spacial score (nSPS) is 10.9. The predicted molar refractivity (Wildman–Crippen MR) is 104 cm³/mol. The summed E-state index contributed by atoms with van der Waals surface area (Å²) >= 11 is 0. The lowest BCUT2D eigenvalue weighted by atomic mass is 10.0. The second-order valence-electron chi connectivity index (χ2n) is 6.25. The highest BCUT2D eigenvalue weighted by molar-refractivity contribution is 5.88. The molecule has 4 rings (SSSR count). The average Bonchev–Trinajstić information content (AvgIpc) is 2.65. The second-order valence-corrected chi connectivity index (χ2v) is 6.25. The van der Waals surface area contributed by atoms with Gasteiger partial charge in [0.15, 0.2) is 0 Å². The number of benzene rings is 3. The van der Waals surface area contributed by atoms with Crippen LogP contribution in [0.3, 0.4) is 0 Å². The zero-order chi connectivity index (χ0) is 17.2. The van der Waals surface area contributed by atoms with Gasteiger partial charge in [0.05, 0.1) is 22.4 Å². The number of nitrogens with zero attached hydrogens (tertiary/aromatic N) is 2. The van der Waals surface area contributed by atoms with E-state index in [9.17, 15) is 0 Å². The van der Waals surface area contributed by atoms with E-state index in [0.29, 0.717) is 0 Å². The summed E-state index contributed by atoms with van der Waals surface area (Å²) in [7, 11) is 0. The zero-order valence-electron chi connectivity index (χ0n) is 14.2. The molecule has 2 heteroatoms. The Bertz CT molecular complexity index is 1120. The fourth-order valence-electron chi connectivity index (χ4n) is 3.17. The molecule has 3 aromatic carbocycles. The van der Waals surface area contributed by atoms with Crippen LogP contribution in [0.15, 0.2) is 60.7 Å². The molecule has 0 saturated carbocycles. The monoisotopic (exact) mass is 322 g/mol. The molecule has 25 heavy (non-hydrogen) atoms. The Hall–Kier alpha value is -3.18. The average molecular weight is 322 g/mol. The van der Waals surface area contributed by atoms with E-state index in [0.717, 1.165) is 40.8 Å². The van der Waals surface area contributed by atoms with Gasteiger partial charge in [-0.25, -0.2) is 9.97 Å². The van der Waals surface area contributed by atoms with Crippen molar-refractivity contribution < 1.29 is 0 Å². The molecule has 4 aromatic rings. The zero-order valence-corrected chi connectivity index (χ0v) is 14.2. The maximum Gasteiger partial charge on any atom is 0.0922 e. The SMILES string of the molecule is C#CCCc1ccc2nc(C)c(-c3ccc4ccccc4c3)nc2c1. The van der Waals surface area contributed by atoms with Gasteiger partial charge < -0.3 is 0 Å². The Morgan fingerprint density at radius 1 is 0.880 bits per heavy atom. The summed E-state index contributed by atoms with van der Waals surface area (Å²) in [5, 5.41) is 2.44. The van der Waals surface area contributed by atoms with Crippen LogP contribution in [0.4, 0.5) is 0 Å². The molecule has 0 spiro atoms. The molecule has 0 aliphatic heterocycles. The van der Waals surface area contributed by atoms with Crippen LogP contribution in [0.5, 0.6) is 0 Å². The quantitative estimate of drug-likeness (QED) is 0.477. The second kappa shape index (κ2) is 6.37. The Morgan fingerprint density at radius 3 is 2.56 bits per heavy atom. The summed E-state index contributed by atoms with van der Waals surface area (Å²) in [6.07, 6.45) is 6.98. The van der Waals surface area contributed by atoms with Crippen LogP contribution >= 0.6 is 0 Å². The molecule has 120 valence electrons.